The maximum Gasteiger partial charge on any atom is 0.410 e. The van der Waals surface area contributed by atoms with Gasteiger partial charge in [-0.3, -0.25) is 18.9 Å². The van der Waals surface area contributed by atoms with Gasteiger partial charge in [0, 0.05) is 65.8 Å². The number of carbonyl (C=O) groups is 1. The minimum atomic E-state index is -4.63. The number of pyridine rings is 1. The lowest BCUT2D eigenvalue weighted by atomic mass is 9.90. The van der Waals surface area contributed by atoms with Crippen LogP contribution in [0.25, 0.3) is 21.3 Å². The third-order valence-corrected chi connectivity index (χ3v) is 9.40. The Morgan fingerprint density at radius 1 is 1.13 bits per heavy atom. The summed E-state index contributed by atoms with van der Waals surface area (Å²) in [6, 6.07) is 10.6. The van der Waals surface area contributed by atoms with Gasteiger partial charge in [0.2, 0.25) is 0 Å². The summed E-state index contributed by atoms with van der Waals surface area (Å²) >= 11 is 1.29. The Morgan fingerprint density at radius 3 is 2.64 bits per heavy atom. The molecule has 2 aliphatic heterocycles. The van der Waals surface area contributed by atoms with E-state index in [0.717, 1.165) is 69.7 Å². The molecule has 47 heavy (non-hydrogen) atoms. The molecule has 0 bridgehead atoms. The normalized spacial score (nSPS) is 16.7. The van der Waals surface area contributed by atoms with Gasteiger partial charge in [-0.25, -0.2) is 9.59 Å². The maximum atomic E-state index is 13.0. The molecule has 1 aromatic carbocycles. The van der Waals surface area contributed by atoms with E-state index < -0.39 is 29.6 Å². The number of nitrogens with zero attached hydrogens (tertiary/aromatic N) is 6. The predicted molar refractivity (Wildman–Crippen MR) is 172 cm³/mol. The van der Waals surface area contributed by atoms with E-state index in [9.17, 15) is 32.8 Å². The standard InChI is InChI=1S/C33H33F3N6O4S/c1-32(2,3)46-31(45)39-11-7-22(17-39)41-10-4-5-21-13-20(16-37)14-25(28(21)41)24-6-9-38-26-15-23(47-29(24)26)18-42-27(43)8-12-40(30(42)44)19-33(34,35)36/h6,8-9,12-15,22H,4-5,7,10-11,17-19H2,1-3H3. The third-order valence-electron chi connectivity index (χ3n) is 8.26. The smallest absolute Gasteiger partial charge is 0.410 e. The van der Waals surface area contributed by atoms with Crippen LogP contribution in [0.1, 0.15) is 49.6 Å². The van der Waals surface area contributed by atoms with Crippen molar-refractivity contribution in [1.82, 2.24) is 19.0 Å². The lowest BCUT2D eigenvalue weighted by molar-refractivity contribution is -0.141. The average molecular weight is 667 g/mol. The number of benzene rings is 1. The van der Waals surface area contributed by atoms with Crippen molar-refractivity contribution in [2.45, 2.75) is 70.9 Å². The molecule has 246 valence electrons. The van der Waals surface area contributed by atoms with Crippen molar-refractivity contribution < 1.29 is 22.7 Å². The topological polar surface area (TPSA) is 113 Å². The molecule has 4 aromatic rings. The Hall–Kier alpha value is -4.64. The van der Waals surface area contributed by atoms with Crippen LogP contribution in [0.4, 0.5) is 23.7 Å². The van der Waals surface area contributed by atoms with Gasteiger partial charge in [0.05, 0.1) is 28.4 Å². The molecule has 0 aliphatic carbocycles. The molecular weight excluding hydrogens is 633 g/mol. The first-order valence-electron chi connectivity index (χ1n) is 15.3. The lowest BCUT2D eigenvalue weighted by Crippen LogP contribution is -2.43. The Morgan fingerprint density at radius 2 is 1.91 bits per heavy atom. The first-order chi connectivity index (χ1) is 22.2. The number of anilines is 1. The highest BCUT2D eigenvalue weighted by molar-refractivity contribution is 7.19. The Balaban J connectivity index is 1.39. The monoisotopic (exact) mass is 666 g/mol. The first kappa shape index (κ1) is 32.3. The molecule has 1 amide bonds. The fourth-order valence-corrected chi connectivity index (χ4v) is 7.48. The van der Waals surface area contributed by atoms with E-state index >= 15 is 0 Å². The number of alkyl halides is 3. The van der Waals surface area contributed by atoms with E-state index in [1.807, 2.05) is 39.0 Å². The summed E-state index contributed by atoms with van der Waals surface area (Å²) in [5, 5.41) is 9.94. The highest BCUT2D eigenvalue weighted by Gasteiger charge is 2.36. The summed E-state index contributed by atoms with van der Waals surface area (Å²) < 4.78 is 46.8. The Bertz CT molecular complexity index is 2020. The molecule has 1 saturated heterocycles. The van der Waals surface area contributed by atoms with Crippen LogP contribution in [0.2, 0.25) is 0 Å². The maximum absolute atomic E-state index is 13.0. The Kier molecular flexibility index (Phi) is 8.38. The van der Waals surface area contributed by atoms with E-state index in [1.54, 1.807) is 17.2 Å². The number of rotatable bonds is 5. The van der Waals surface area contributed by atoms with Crippen molar-refractivity contribution in [3.63, 3.8) is 0 Å². The average Bonchev–Trinajstić information content (AvgIpc) is 3.66. The van der Waals surface area contributed by atoms with Crippen molar-refractivity contribution in [2.24, 2.45) is 0 Å². The van der Waals surface area contributed by atoms with Gasteiger partial charge in [-0.15, -0.1) is 11.3 Å². The molecule has 1 fully saturated rings. The van der Waals surface area contributed by atoms with E-state index in [-0.39, 0.29) is 18.7 Å². The van der Waals surface area contributed by atoms with Gasteiger partial charge in [-0.05, 0) is 69.9 Å². The molecule has 0 saturated carbocycles. The van der Waals surface area contributed by atoms with Crippen molar-refractivity contribution in [1.29, 1.82) is 5.26 Å². The second kappa shape index (κ2) is 12.2. The summed E-state index contributed by atoms with van der Waals surface area (Å²) in [5.41, 5.74) is 2.40. The van der Waals surface area contributed by atoms with Crippen LogP contribution in [0.5, 0.6) is 0 Å². The summed E-state index contributed by atoms with van der Waals surface area (Å²) in [6.45, 7) is 5.63. The number of nitriles is 1. The van der Waals surface area contributed by atoms with Crippen molar-refractivity contribution >= 4 is 33.3 Å². The van der Waals surface area contributed by atoms with Gasteiger partial charge in [0.1, 0.15) is 12.1 Å². The fraction of sp³-hybridized carbons (Fsp3) is 0.424. The van der Waals surface area contributed by atoms with E-state index in [0.29, 0.717) is 33.6 Å². The van der Waals surface area contributed by atoms with Crippen LogP contribution in [0, 0.1) is 11.3 Å². The molecule has 3 aromatic heterocycles. The molecule has 2 aliphatic rings. The van der Waals surface area contributed by atoms with E-state index in [1.165, 1.54) is 11.3 Å². The molecule has 0 N–H and O–H groups in total. The van der Waals surface area contributed by atoms with Crippen molar-refractivity contribution in [2.75, 3.05) is 24.5 Å². The van der Waals surface area contributed by atoms with Crippen molar-refractivity contribution in [3.8, 4) is 17.2 Å². The summed E-state index contributed by atoms with van der Waals surface area (Å²) in [6.07, 6.45) is -0.0454. The number of thiophene rings is 1. The van der Waals surface area contributed by atoms with Crippen LogP contribution in [-0.4, -0.2) is 62.6 Å². The number of amides is 1. The van der Waals surface area contributed by atoms with Gasteiger partial charge < -0.3 is 14.5 Å². The molecule has 0 spiro atoms. The largest absolute Gasteiger partial charge is 0.444 e. The molecular formula is C33H33F3N6O4S. The number of ether oxygens (including phenoxy) is 1. The summed E-state index contributed by atoms with van der Waals surface area (Å²) in [7, 11) is 0. The van der Waals surface area contributed by atoms with Gasteiger partial charge in [0.15, 0.2) is 0 Å². The highest BCUT2D eigenvalue weighted by atomic mass is 32.1. The molecule has 0 radical (unpaired) electrons. The number of aromatic nitrogens is 3. The van der Waals surface area contributed by atoms with Crippen molar-refractivity contribution in [3.05, 3.63) is 79.6 Å². The van der Waals surface area contributed by atoms with Crippen LogP contribution >= 0.6 is 11.3 Å². The quantitative estimate of drug-likeness (QED) is 0.275. The van der Waals surface area contributed by atoms with Crippen LogP contribution in [-0.2, 0) is 24.2 Å². The lowest BCUT2D eigenvalue weighted by Gasteiger charge is -2.38. The zero-order valence-corrected chi connectivity index (χ0v) is 27.0. The fourth-order valence-electron chi connectivity index (χ4n) is 6.35. The number of hydrogen-bond acceptors (Lipinski definition) is 8. The van der Waals surface area contributed by atoms with Gasteiger partial charge in [-0.2, -0.15) is 18.4 Å². The number of aryl methyl sites for hydroxylation is 1. The minimum absolute atomic E-state index is 0.0355. The molecule has 5 heterocycles. The molecule has 6 rings (SSSR count). The Labute approximate surface area is 272 Å². The van der Waals surface area contributed by atoms with Crippen LogP contribution < -0.4 is 16.1 Å². The zero-order valence-electron chi connectivity index (χ0n) is 26.1. The highest BCUT2D eigenvalue weighted by Crippen LogP contribution is 2.44. The first-order valence-corrected chi connectivity index (χ1v) is 16.1. The van der Waals surface area contributed by atoms with E-state index in [4.69, 9.17) is 4.74 Å². The molecule has 1 atom stereocenters. The number of halogens is 3. The third kappa shape index (κ3) is 6.76. The molecule has 1 unspecified atom stereocenters. The SMILES string of the molecule is CC(C)(C)OC(=O)N1CCC(N2CCCc3cc(C#N)cc(-c4ccnc5cc(Cn6c(=O)ccn(CC(F)(F)F)c6=O)sc45)c32)C1. The number of fused-ring (bicyclic) bond motifs is 2. The number of carbonyl (C=O) groups excluding carboxylic acids is 1. The summed E-state index contributed by atoms with van der Waals surface area (Å²) in [4.78, 5) is 47.4. The number of likely N-dealkylation sites (tertiary alicyclic amines) is 1. The second-order valence-corrected chi connectivity index (χ2v) is 14.0. The summed E-state index contributed by atoms with van der Waals surface area (Å²) in [5.74, 6) is 0. The van der Waals surface area contributed by atoms with E-state index in [2.05, 4.69) is 16.0 Å². The second-order valence-electron chi connectivity index (χ2n) is 12.9. The zero-order chi connectivity index (χ0) is 33.7. The van der Waals surface area contributed by atoms with Crippen LogP contribution in [0.3, 0.4) is 0 Å². The predicted octanol–water partition coefficient (Wildman–Crippen LogP) is 5.53. The van der Waals surface area contributed by atoms with Gasteiger partial charge in [-0.1, -0.05) is 0 Å². The van der Waals surface area contributed by atoms with Crippen LogP contribution in [0.15, 0.2) is 52.3 Å². The molecule has 14 heteroatoms. The minimum Gasteiger partial charge on any atom is -0.444 e. The molecule has 10 nitrogen and oxygen atoms in total. The van der Waals surface area contributed by atoms with Gasteiger partial charge >= 0.3 is 18.0 Å². The number of hydrogen-bond donors (Lipinski definition) is 0. The van der Waals surface area contributed by atoms with Gasteiger partial charge in [0.25, 0.3) is 5.56 Å².